The molecular formula is C9H15N3. The minimum absolute atomic E-state index is 0.851. The van der Waals surface area contributed by atoms with Crippen LogP contribution < -0.4 is 5.32 Å². The summed E-state index contributed by atoms with van der Waals surface area (Å²) in [6, 6.07) is 2.01. The average Bonchev–Trinajstić information content (AvgIpc) is 2.36. The van der Waals surface area contributed by atoms with E-state index in [2.05, 4.69) is 17.0 Å². The molecule has 3 heteroatoms. The van der Waals surface area contributed by atoms with Crippen molar-refractivity contribution in [3.63, 3.8) is 0 Å². The molecule has 0 aliphatic carbocycles. The average molecular weight is 165 g/mol. The Labute approximate surface area is 73.1 Å². The van der Waals surface area contributed by atoms with Crippen LogP contribution in [0.1, 0.15) is 12.6 Å². The zero-order valence-corrected chi connectivity index (χ0v) is 7.67. The summed E-state index contributed by atoms with van der Waals surface area (Å²) in [7, 11) is 1.94. The number of hydrogen-bond donors (Lipinski definition) is 1. The second-order valence-electron chi connectivity index (χ2n) is 3.01. The van der Waals surface area contributed by atoms with Gasteiger partial charge < -0.3 is 5.32 Å². The fraction of sp³-hybridized carbons (Fsp3) is 0.444. The van der Waals surface area contributed by atoms with Crippen molar-refractivity contribution in [2.45, 2.75) is 13.5 Å². The first kappa shape index (κ1) is 9.00. The maximum absolute atomic E-state index is 4.07. The van der Waals surface area contributed by atoms with E-state index in [9.17, 15) is 0 Å². The molecule has 0 saturated carbocycles. The molecule has 0 aliphatic rings. The maximum Gasteiger partial charge on any atom is 0.0518 e. The van der Waals surface area contributed by atoms with Gasteiger partial charge in [0.15, 0.2) is 0 Å². The molecule has 1 N–H and O–H groups in total. The second-order valence-corrected chi connectivity index (χ2v) is 3.01. The zero-order valence-electron chi connectivity index (χ0n) is 7.67. The molecule has 0 bridgehead atoms. The largest absolute Gasteiger partial charge is 0.307 e. The van der Waals surface area contributed by atoms with Crippen LogP contribution >= 0.6 is 0 Å². The topological polar surface area (TPSA) is 29.9 Å². The quantitative estimate of drug-likeness (QED) is 0.677. The molecule has 1 aromatic heterocycles. The van der Waals surface area contributed by atoms with Gasteiger partial charge in [-0.2, -0.15) is 5.10 Å². The summed E-state index contributed by atoms with van der Waals surface area (Å²) >= 11 is 0. The standard InChI is InChI=1S/C9H15N3/c1-8(2)6-10-7-9-4-5-11-12(9)3/h4-5,10H,1,6-7H2,2-3H3. The van der Waals surface area contributed by atoms with Gasteiger partial charge in [-0.1, -0.05) is 12.2 Å². The van der Waals surface area contributed by atoms with Crippen LogP contribution in [0.5, 0.6) is 0 Å². The van der Waals surface area contributed by atoms with Gasteiger partial charge >= 0.3 is 0 Å². The Morgan fingerprint density at radius 3 is 3.00 bits per heavy atom. The van der Waals surface area contributed by atoms with E-state index in [1.54, 1.807) is 6.20 Å². The van der Waals surface area contributed by atoms with Crippen molar-refractivity contribution in [3.8, 4) is 0 Å². The van der Waals surface area contributed by atoms with E-state index in [4.69, 9.17) is 0 Å². The van der Waals surface area contributed by atoms with Crippen molar-refractivity contribution in [1.29, 1.82) is 0 Å². The fourth-order valence-electron chi connectivity index (χ4n) is 0.979. The molecule has 0 unspecified atom stereocenters. The van der Waals surface area contributed by atoms with E-state index in [1.165, 1.54) is 5.69 Å². The van der Waals surface area contributed by atoms with Crippen LogP contribution in [0, 0.1) is 0 Å². The number of aryl methyl sites for hydroxylation is 1. The van der Waals surface area contributed by atoms with Gasteiger partial charge in [0.2, 0.25) is 0 Å². The van der Waals surface area contributed by atoms with E-state index >= 15 is 0 Å². The summed E-state index contributed by atoms with van der Waals surface area (Å²) in [6.45, 7) is 7.54. The molecule has 0 spiro atoms. The van der Waals surface area contributed by atoms with Gasteiger partial charge in [0, 0.05) is 26.3 Å². The van der Waals surface area contributed by atoms with Crippen molar-refractivity contribution in [3.05, 3.63) is 30.1 Å². The van der Waals surface area contributed by atoms with Crippen LogP contribution in [0.4, 0.5) is 0 Å². The van der Waals surface area contributed by atoms with Crippen molar-refractivity contribution < 1.29 is 0 Å². The molecule has 0 radical (unpaired) electrons. The van der Waals surface area contributed by atoms with Crippen LogP contribution in [0.15, 0.2) is 24.4 Å². The zero-order chi connectivity index (χ0) is 8.97. The third-order valence-corrected chi connectivity index (χ3v) is 1.66. The fourth-order valence-corrected chi connectivity index (χ4v) is 0.979. The first-order chi connectivity index (χ1) is 5.70. The number of rotatable bonds is 4. The Kier molecular flexibility index (Phi) is 3.05. The first-order valence-electron chi connectivity index (χ1n) is 4.02. The third-order valence-electron chi connectivity index (χ3n) is 1.66. The van der Waals surface area contributed by atoms with Gasteiger partial charge in [0.1, 0.15) is 0 Å². The molecule has 1 rings (SSSR count). The Balaban J connectivity index is 2.33. The van der Waals surface area contributed by atoms with Crippen molar-refractivity contribution in [2.24, 2.45) is 7.05 Å². The lowest BCUT2D eigenvalue weighted by Gasteiger charge is -2.03. The van der Waals surface area contributed by atoms with Crippen LogP contribution in [-0.2, 0) is 13.6 Å². The van der Waals surface area contributed by atoms with Crippen LogP contribution in [0.25, 0.3) is 0 Å². The first-order valence-corrected chi connectivity index (χ1v) is 4.02. The molecular weight excluding hydrogens is 150 g/mol. The molecule has 0 aliphatic heterocycles. The monoisotopic (exact) mass is 165 g/mol. The second kappa shape index (κ2) is 4.07. The van der Waals surface area contributed by atoms with E-state index in [-0.39, 0.29) is 0 Å². The predicted molar refractivity (Wildman–Crippen MR) is 49.7 cm³/mol. The summed E-state index contributed by atoms with van der Waals surface area (Å²) in [4.78, 5) is 0. The molecule has 0 atom stereocenters. The van der Waals surface area contributed by atoms with Crippen molar-refractivity contribution in [2.75, 3.05) is 6.54 Å². The number of nitrogens with one attached hydrogen (secondary N) is 1. The minimum Gasteiger partial charge on any atom is -0.307 e. The van der Waals surface area contributed by atoms with Gasteiger partial charge in [-0.05, 0) is 13.0 Å². The smallest absolute Gasteiger partial charge is 0.0518 e. The summed E-state index contributed by atoms with van der Waals surface area (Å²) in [5, 5.41) is 7.34. The normalized spacial score (nSPS) is 10.2. The van der Waals surface area contributed by atoms with Gasteiger partial charge in [-0.3, -0.25) is 4.68 Å². The SMILES string of the molecule is C=C(C)CNCc1ccnn1C. The predicted octanol–water partition coefficient (Wildman–Crippen LogP) is 1.09. The molecule has 1 aromatic rings. The van der Waals surface area contributed by atoms with E-state index in [1.807, 2.05) is 24.7 Å². The molecule has 12 heavy (non-hydrogen) atoms. The number of aromatic nitrogens is 2. The molecule has 3 nitrogen and oxygen atoms in total. The lowest BCUT2D eigenvalue weighted by Crippen LogP contribution is -2.17. The molecule has 0 aromatic carbocycles. The Hall–Kier alpha value is -1.09. The lowest BCUT2D eigenvalue weighted by atomic mass is 10.3. The maximum atomic E-state index is 4.07. The van der Waals surface area contributed by atoms with E-state index < -0.39 is 0 Å². The van der Waals surface area contributed by atoms with Crippen LogP contribution in [-0.4, -0.2) is 16.3 Å². The Morgan fingerprint density at radius 2 is 2.50 bits per heavy atom. The molecule has 1 heterocycles. The summed E-state index contributed by atoms with van der Waals surface area (Å²) in [6.07, 6.45) is 1.80. The Bertz CT molecular complexity index is 262. The molecule has 0 amide bonds. The van der Waals surface area contributed by atoms with Crippen molar-refractivity contribution in [1.82, 2.24) is 15.1 Å². The summed E-state index contributed by atoms with van der Waals surface area (Å²) in [5.74, 6) is 0. The number of nitrogens with zero attached hydrogens (tertiary/aromatic N) is 2. The van der Waals surface area contributed by atoms with E-state index in [0.717, 1.165) is 18.7 Å². The van der Waals surface area contributed by atoms with Gasteiger partial charge in [-0.25, -0.2) is 0 Å². The minimum atomic E-state index is 0.851. The number of hydrogen-bond acceptors (Lipinski definition) is 2. The van der Waals surface area contributed by atoms with E-state index in [0.29, 0.717) is 0 Å². The summed E-state index contributed by atoms with van der Waals surface area (Å²) in [5.41, 5.74) is 2.34. The highest BCUT2D eigenvalue weighted by Crippen LogP contribution is 1.95. The van der Waals surface area contributed by atoms with Gasteiger partial charge in [0.25, 0.3) is 0 Å². The summed E-state index contributed by atoms with van der Waals surface area (Å²) < 4.78 is 1.87. The highest BCUT2D eigenvalue weighted by atomic mass is 15.3. The van der Waals surface area contributed by atoms with Gasteiger partial charge in [-0.15, -0.1) is 0 Å². The molecule has 0 fully saturated rings. The highest BCUT2D eigenvalue weighted by Gasteiger charge is 1.95. The Morgan fingerprint density at radius 1 is 1.75 bits per heavy atom. The van der Waals surface area contributed by atoms with Crippen LogP contribution in [0.3, 0.4) is 0 Å². The molecule has 66 valence electrons. The highest BCUT2D eigenvalue weighted by molar-refractivity contribution is 5.00. The van der Waals surface area contributed by atoms with Gasteiger partial charge in [0.05, 0.1) is 5.69 Å². The van der Waals surface area contributed by atoms with Crippen LogP contribution in [0.2, 0.25) is 0 Å². The molecule has 0 saturated heterocycles. The lowest BCUT2D eigenvalue weighted by molar-refractivity contribution is 0.649. The van der Waals surface area contributed by atoms with Crippen molar-refractivity contribution >= 4 is 0 Å². The third kappa shape index (κ3) is 2.51.